The van der Waals surface area contributed by atoms with Gasteiger partial charge in [-0.3, -0.25) is 14.4 Å². The van der Waals surface area contributed by atoms with E-state index < -0.39 is 0 Å². The lowest BCUT2D eigenvalue weighted by atomic mass is 10.1. The lowest BCUT2D eigenvalue weighted by Crippen LogP contribution is -2.40. The molecule has 2 heterocycles. The summed E-state index contributed by atoms with van der Waals surface area (Å²) in [7, 11) is 0. The van der Waals surface area contributed by atoms with Crippen LogP contribution in [0.5, 0.6) is 0 Å². The molecular weight excluding hydrogens is 252 g/mol. The molecule has 0 bridgehead atoms. The standard InChI is InChI=1S/C15H26N4O/c1-10(2)18-8-12(5)14(9-18)16-15(20)13-6-7-19(17-13)11(3)4/h6-7,10-12,14H,8-9H2,1-5H3,(H,16,20)/t12-,14-/m0/s1. The molecule has 5 heteroatoms. The average molecular weight is 278 g/mol. The maximum atomic E-state index is 12.3. The van der Waals surface area contributed by atoms with Crippen molar-refractivity contribution in [2.24, 2.45) is 5.92 Å². The Kier molecular flexibility index (Phi) is 4.48. The summed E-state index contributed by atoms with van der Waals surface area (Å²) in [4.78, 5) is 14.7. The lowest BCUT2D eigenvalue weighted by molar-refractivity contribution is 0.0924. The van der Waals surface area contributed by atoms with Crippen LogP contribution in [-0.2, 0) is 0 Å². The van der Waals surface area contributed by atoms with Gasteiger partial charge in [0.25, 0.3) is 5.91 Å². The first-order chi connectivity index (χ1) is 9.38. The van der Waals surface area contributed by atoms with Gasteiger partial charge >= 0.3 is 0 Å². The van der Waals surface area contributed by atoms with Crippen molar-refractivity contribution in [3.8, 4) is 0 Å². The van der Waals surface area contributed by atoms with Crippen LogP contribution in [0.2, 0.25) is 0 Å². The van der Waals surface area contributed by atoms with Crippen LogP contribution in [0.1, 0.15) is 51.1 Å². The van der Waals surface area contributed by atoms with E-state index in [1.54, 1.807) is 6.07 Å². The van der Waals surface area contributed by atoms with Crippen LogP contribution < -0.4 is 5.32 Å². The number of nitrogens with zero attached hydrogens (tertiary/aromatic N) is 3. The second-order valence-corrected chi connectivity index (χ2v) is 6.38. The molecular formula is C15H26N4O. The molecule has 1 aliphatic heterocycles. The number of amides is 1. The number of likely N-dealkylation sites (tertiary alicyclic amines) is 1. The smallest absolute Gasteiger partial charge is 0.272 e. The van der Waals surface area contributed by atoms with Gasteiger partial charge in [-0.25, -0.2) is 0 Å². The zero-order valence-corrected chi connectivity index (χ0v) is 13.1. The summed E-state index contributed by atoms with van der Waals surface area (Å²) < 4.78 is 1.81. The summed E-state index contributed by atoms with van der Waals surface area (Å²) in [6.45, 7) is 12.7. The van der Waals surface area contributed by atoms with E-state index in [1.165, 1.54) is 0 Å². The number of carbonyl (C=O) groups is 1. The molecule has 1 aliphatic rings. The quantitative estimate of drug-likeness (QED) is 0.915. The van der Waals surface area contributed by atoms with E-state index in [2.05, 4.69) is 36.1 Å². The second-order valence-electron chi connectivity index (χ2n) is 6.38. The van der Waals surface area contributed by atoms with Crippen LogP contribution in [-0.4, -0.2) is 45.8 Å². The normalized spacial score (nSPS) is 23.8. The molecule has 1 N–H and O–H groups in total. The monoisotopic (exact) mass is 278 g/mol. The van der Waals surface area contributed by atoms with Gasteiger partial charge in [0.1, 0.15) is 5.69 Å². The van der Waals surface area contributed by atoms with E-state index in [-0.39, 0.29) is 18.0 Å². The average Bonchev–Trinajstić information content (AvgIpc) is 2.97. The van der Waals surface area contributed by atoms with E-state index in [1.807, 2.05) is 24.7 Å². The Hall–Kier alpha value is -1.36. The van der Waals surface area contributed by atoms with Gasteiger partial charge in [-0.2, -0.15) is 5.10 Å². The Bertz CT molecular complexity index is 466. The Morgan fingerprint density at radius 3 is 2.50 bits per heavy atom. The first kappa shape index (κ1) is 15.0. The van der Waals surface area contributed by atoms with E-state index in [0.29, 0.717) is 17.7 Å². The van der Waals surface area contributed by atoms with Gasteiger partial charge in [0, 0.05) is 37.4 Å². The number of hydrogen-bond acceptors (Lipinski definition) is 3. The predicted molar refractivity (Wildman–Crippen MR) is 79.7 cm³/mol. The Morgan fingerprint density at radius 1 is 1.30 bits per heavy atom. The minimum absolute atomic E-state index is 0.0631. The van der Waals surface area contributed by atoms with Crippen molar-refractivity contribution in [1.29, 1.82) is 0 Å². The van der Waals surface area contributed by atoms with E-state index >= 15 is 0 Å². The molecule has 20 heavy (non-hydrogen) atoms. The largest absolute Gasteiger partial charge is 0.346 e. The molecule has 112 valence electrons. The van der Waals surface area contributed by atoms with Gasteiger partial charge in [-0.05, 0) is 39.7 Å². The second kappa shape index (κ2) is 5.95. The molecule has 5 nitrogen and oxygen atoms in total. The molecule has 1 amide bonds. The van der Waals surface area contributed by atoms with Crippen LogP contribution in [0.3, 0.4) is 0 Å². The number of aromatic nitrogens is 2. The van der Waals surface area contributed by atoms with E-state index in [0.717, 1.165) is 13.1 Å². The number of carbonyl (C=O) groups excluding carboxylic acids is 1. The number of rotatable bonds is 4. The van der Waals surface area contributed by atoms with Crippen molar-refractivity contribution >= 4 is 5.91 Å². The summed E-state index contributed by atoms with van der Waals surface area (Å²) in [5.41, 5.74) is 0.508. The maximum Gasteiger partial charge on any atom is 0.272 e. The third-order valence-electron chi connectivity index (χ3n) is 4.06. The van der Waals surface area contributed by atoms with Crippen molar-refractivity contribution in [3.63, 3.8) is 0 Å². The van der Waals surface area contributed by atoms with Gasteiger partial charge in [-0.1, -0.05) is 6.92 Å². The molecule has 1 aromatic heterocycles. The van der Waals surface area contributed by atoms with Gasteiger partial charge in [0.2, 0.25) is 0 Å². The molecule has 2 rings (SSSR count). The van der Waals surface area contributed by atoms with Gasteiger partial charge in [0.05, 0.1) is 0 Å². The van der Waals surface area contributed by atoms with Crippen molar-refractivity contribution in [2.45, 2.75) is 52.7 Å². The number of hydrogen-bond donors (Lipinski definition) is 1. The minimum Gasteiger partial charge on any atom is -0.346 e. The van der Waals surface area contributed by atoms with Gasteiger partial charge < -0.3 is 5.32 Å². The summed E-state index contributed by atoms with van der Waals surface area (Å²) in [5.74, 6) is 0.417. The van der Waals surface area contributed by atoms with Crippen LogP contribution in [0.4, 0.5) is 0 Å². The SMILES string of the molecule is CC(C)N1C[C@H](NC(=O)c2ccn(C(C)C)n2)[C@@H](C)C1. The Labute approximate surface area is 121 Å². The van der Waals surface area contributed by atoms with Crippen molar-refractivity contribution < 1.29 is 4.79 Å². The minimum atomic E-state index is -0.0631. The summed E-state index contributed by atoms with van der Waals surface area (Å²) in [6, 6.07) is 2.81. The fourth-order valence-electron chi connectivity index (χ4n) is 2.60. The lowest BCUT2D eigenvalue weighted by Gasteiger charge is -2.20. The highest BCUT2D eigenvalue weighted by Gasteiger charge is 2.32. The molecule has 0 aliphatic carbocycles. The van der Waals surface area contributed by atoms with Crippen LogP contribution in [0, 0.1) is 5.92 Å². The number of nitrogens with one attached hydrogen (secondary N) is 1. The van der Waals surface area contributed by atoms with Crippen LogP contribution in [0.15, 0.2) is 12.3 Å². The maximum absolute atomic E-state index is 12.3. The summed E-state index contributed by atoms with van der Waals surface area (Å²) in [5, 5.41) is 7.45. The Balaban J connectivity index is 1.97. The molecule has 0 radical (unpaired) electrons. The first-order valence-corrected chi connectivity index (χ1v) is 7.48. The highest BCUT2D eigenvalue weighted by atomic mass is 16.2. The zero-order valence-electron chi connectivity index (χ0n) is 13.1. The molecule has 2 atom stereocenters. The van der Waals surface area contributed by atoms with Crippen molar-refractivity contribution in [2.75, 3.05) is 13.1 Å². The summed E-state index contributed by atoms with van der Waals surface area (Å²) in [6.07, 6.45) is 1.86. The molecule has 1 aromatic rings. The fraction of sp³-hybridized carbons (Fsp3) is 0.733. The van der Waals surface area contributed by atoms with Crippen molar-refractivity contribution in [3.05, 3.63) is 18.0 Å². The molecule has 0 spiro atoms. The van der Waals surface area contributed by atoms with E-state index in [9.17, 15) is 4.79 Å². The first-order valence-electron chi connectivity index (χ1n) is 7.48. The fourth-order valence-corrected chi connectivity index (χ4v) is 2.60. The third-order valence-corrected chi connectivity index (χ3v) is 4.06. The predicted octanol–water partition coefficient (Wildman–Crippen LogP) is 1.92. The highest BCUT2D eigenvalue weighted by molar-refractivity contribution is 5.92. The molecule has 1 saturated heterocycles. The molecule has 0 aromatic carbocycles. The van der Waals surface area contributed by atoms with Gasteiger partial charge in [0.15, 0.2) is 0 Å². The summed E-state index contributed by atoms with van der Waals surface area (Å²) >= 11 is 0. The van der Waals surface area contributed by atoms with E-state index in [4.69, 9.17) is 0 Å². The topological polar surface area (TPSA) is 50.2 Å². The molecule has 0 unspecified atom stereocenters. The van der Waals surface area contributed by atoms with Gasteiger partial charge in [-0.15, -0.1) is 0 Å². The molecule has 1 fully saturated rings. The van der Waals surface area contributed by atoms with Crippen LogP contribution in [0.25, 0.3) is 0 Å². The third kappa shape index (κ3) is 3.20. The van der Waals surface area contributed by atoms with Crippen molar-refractivity contribution in [1.82, 2.24) is 20.0 Å². The highest BCUT2D eigenvalue weighted by Crippen LogP contribution is 2.19. The molecule has 0 saturated carbocycles. The van der Waals surface area contributed by atoms with Crippen LogP contribution >= 0.6 is 0 Å². The Morgan fingerprint density at radius 2 is 2.00 bits per heavy atom. The zero-order chi connectivity index (χ0) is 14.9.